The van der Waals surface area contributed by atoms with Crippen LogP contribution in [0.3, 0.4) is 0 Å². The van der Waals surface area contributed by atoms with Crippen LogP contribution in [0.4, 0.5) is 0 Å². The Bertz CT molecular complexity index is 138. The smallest absolute Gasteiger partial charge is 0.0549 e. The molecule has 0 radical (unpaired) electrons. The van der Waals surface area contributed by atoms with Crippen LogP contribution < -0.4 is 5.32 Å². The molecule has 2 rings (SSSR count). The van der Waals surface area contributed by atoms with E-state index < -0.39 is 0 Å². The first-order chi connectivity index (χ1) is 5.37. The molecule has 2 heteroatoms. The summed E-state index contributed by atoms with van der Waals surface area (Å²) in [4.78, 5) is 0. The molecule has 0 spiro atoms. The quantitative estimate of drug-likeness (QED) is 0.654. The van der Waals surface area contributed by atoms with Gasteiger partial charge in [0.05, 0.1) is 6.61 Å². The zero-order valence-corrected chi connectivity index (χ0v) is 7.23. The Morgan fingerprint density at radius 3 is 2.55 bits per heavy atom. The highest BCUT2D eigenvalue weighted by Crippen LogP contribution is 2.48. The molecule has 0 unspecified atom stereocenters. The minimum absolute atomic E-state index is 0.552. The second-order valence-electron chi connectivity index (χ2n) is 3.88. The Kier molecular flexibility index (Phi) is 1.90. The molecule has 1 saturated carbocycles. The zero-order valence-electron chi connectivity index (χ0n) is 7.23. The third-order valence-electron chi connectivity index (χ3n) is 2.99. The van der Waals surface area contributed by atoms with E-state index in [0.29, 0.717) is 5.41 Å². The predicted octanol–water partition coefficient (Wildman–Crippen LogP) is 1.02. The molecule has 1 aliphatic carbocycles. The molecule has 2 aliphatic rings. The van der Waals surface area contributed by atoms with Crippen LogP contribution in [0.2, 0.25) is 0 Å². The third-order valence-corrected chi connectivity index (χ3v) is 2.99. The van der Waals surface area contributed by atoms with Crippen LogP contribution in [0.25, 0.3) is 0 Å². The van der Waals surface area contributed by atoms with Crippen molar-refractivity contribution in [3.8, 4) is 0 Å². The second-order valence-corrected chi connectivity index (χ2v) is 3.88. The Morgan fingerprint density at radius 1 is 1.45 bits per heavy atom. The summed E-state index contributed by atoms with van der Waals surface area (Å²) < 4.78 is 5.50. The summed E-state index contributed by atoms with van der Waals surface area (Å²) in [6.45, 7) is 6.32. The molecule has 0 bridgehead atoms. The van der Waals surface area contributed by atoms with E-state index in [-0.39, 0.29) is 0 Å². The zero-order chi connectivity index (χ0) is 7.73. The van der Waals surface area contributed by atoms with Gasteiger partial charge in [-0.05, 0) is 25.7 Å². The van der Waals surface area contributed by atoms with Crippen molar-refractivity contribution in [1.29, 1.82) is 0 Å². The molecule has 1 heterocycles. The van der Waals surface area contributed by atoms with E-state index in [9.17, 15) is 0 Å². The summed E-state index contributed by atoms with van der Waals surface area (Å²) in [5.41, 5.74) is 0.552. The van der Waals surface area contributed by atoms with E-state index in [0.717, 1.165) is 19.1 Å². The average molecular weight is 155 g/mol. The first kappa shape index (κ1) is 7.56. The molecule has 1 aliphatic heterocycles. The first-order valence-electron chi connectivity index (χ1n) is 4.66. The minimum Gasteiger partial charge on any atom is -0.381 e. The van der Waals surface area contributed by atoms with Gasteiger partial charge in [-0.1, -0.05) is 0 Å². The van der Waals surface area contributed by atoms with Crippen LogP contribution in [0.1, 0.15) is 19.8 Å². The van der Waals surface area contributed by atoms with Gasteiger partial charge in [-0.15, -0.1) is 0 Å². The largest absolute Gasteiger partial charge is 0.381 e. The fraction of sp³-hybridized carbons (Fsp3) is 1.00. The van der Waals surface area contributed by atoms with E-state index in [2.05, 4.69) is 12.2 Å². The Hall–Kier alpha value is -0.0800. The van der Waals surface area contributed by atoms with Gasteiger partial charge in [-0.3, -0.25) is 0 Å². The SMILES string of the molecule is CCOCC1(C2CC2)CNC1. The lowest BCUT2D eigenvalue weighted by Gasteiger charge is -2.42. The van der Waals surface area contributed by atoms with Gasteiger partial charge in [-0.25, -0.2) is 0 Å². The van der Waals surface area contributed by atoms with Crippen LogP contribution in [-0.2, 0) is 4.74 Å². The minimum atomic E-state index is 0.552. The lowest BCUT2D eigenvalue weighted by atomic mass is 9.78. The summed E-state index contributed by atoms with van der Waals surface area (Å²) in [5, 5.41) is 3.35. The second kappa shape index (κ2) is 2.76. The summed E-state index contributed by atoms with van der Waals surface area (Å²) >= 11 is 0. The van der Waals surface area contributed by atoms with Crippen LogP contribution in [-0.4, -0.2) is 26.3 Å². The monoisotopic (exact) mass is 155 g/mol. The Morgan fingerprint density at radius 2 is 2.18 bits per heavy atom. The van der Waals surface area contributed by atoms with Crippen molar-refractivity contribution in [2.45, 2.75) is 19.8 Å². The van der Waals surface area contributed by atoms with E-state index in [1.54, 1.807) is 0 Å². The molecule has 2 fully saturated rings. The molecule has 0 amide bonds. The number of hydrogen-bond acceptors (Lipinski definition) is 2. The molecule has 64 valence electrons. The van der Waals surface area contributed by atoms with Gasteiger partial charge in [0.25, 0.3) is 0 Å². The van der Waals surface area contributed by atoms with Crippen molar-refractivity contribution in [2.24, 2.45) is 11.3 Å². The average Bonchev–Trinajstić information content (AvgIpc) is 2.69. The number of ether oxygens (including phenoxy) is 1. The molecule has 11 heavy (non-hydrogen) atoms. The molecule has 0 atom stereocenters. The summed E-state index contributed by atoms with van der Waals surface area (Å²) in [7, 11) is 0. The highest BCUT2D eigenvalue weighted by molar-refractivity contribution is 5.02. The third kappa shape index (κ3) is 1.30. The van der Waals surface area contributed by atoms with Gasteiger partial charge in [0.2, 0.25) is 0 Å². The van der Waals surface area contributed by atoms with Gasteiger partial charge in [0.1, 0.15) is 0 Å². The highest BCUT2D eigenvalue weighted by Gasteiger charge is 2.49. The van der Waals surface area contributed by atoms with Gasteiger partial charge in [0, 0.05) is 25.1 Å². The molecule has 1 saturated heterocycles. The Balaban J connectivity index is 1.83. The fourth-order valence-electron chi connectivity index (χ4n) is 1.96. The topological polar surface area (TPSA) is 21.3 Å². The molecular formula is C9H17NO. The van der Waals surface area contributed by atoms with Crippen molar-refractivity contribution in [3.63, 3.8) is 0 Å². The van der Waals surface area contributed by atoms with Crippen molar-refractivity contribution in [2.75, 3.05) is 26.3 Å². The summed E-state index contributed by atoms with van der Waals surface area (Å²) in [6.07, 6.45) is 2.88. The van der Waals surface area contributed by atoms with Gasteiger partial charge >= 0.3 is 0 Å². The predicted molar refractivity (Wildman–Crippen MR) is 44.5 cm³/mol. The molecular weight excluding hydrogens is 138 g/mol. The van der Waals surface area contributed by atoms with Gasteiger partial charge in [-0.2, -0.15) is 0 Å². The molecule has 2 nitrogen and oxygen atoms in total. The normalized spacial score (nSPS) is 28.1. The number of rotatable bonds is 4. The van der Waals surface area contributed by atoms with E-state index in [1.165, 1.54) is 25.9 Å². The van der Waals surface area contributed by atoms with E-state index in [4.69, 9.17) is 4.74 Å². The molecule has 0 aromatic heterocycles. The molecule has 0 aromatic rings. The number of nitrogens with one attached hydrogen (secondary N) is 1. The highest BCUT2D eigenvalue weighted by atomic mass is 16.5. The maximum absolute atomic E-state index is 5.50. The first-order valence-corrected chi connectivity index (χ1v) is 4.66. The van der Waals surface area contributed by atoms with E-state index >= 15 is 0 Å². The molecule has 0 aromatic carbocycles. The van der Waals surface area contributed by atoms with Crippen LogP contribution in [0.5, 0.6) is 0 Å². The lowest BCUT2D eigenvalue weighted by Crippen LogP contribution is -2.57. The van der Waals surface area contributed by atoms with E-state index in [1.807, 2.05) is 0 Å². The summed E-state index contributed by atoms with van der Waals surface area (Å²) in [6, 6.07) is 0. The Labute approximate surface area is 68.3 Å². The van der Waals surface area contributed by atoms with Crippen molar-refractivity contribution < 1.29 is 4.74 Å². The van der Waals surface area contributed by atoms with Crippen LogP contribution in [0, 0.1) is 11.3 Å². The fourth-order valence-corrected chi connectivity index (χ4v) is 1.96. The molecule has 1 N–H and O–H groups in total. The lowest BCUT2D eigenvalue weighted by molar-refractivity contribution is 0.000444. The standard InChI is InChI=1S/C9H17NO/c1-2-11-7-9(5-10-6-9)8-3-4-8/h8,10H,2-7H2,1H3. The maximum Gasteiger partial charge on any atom is 0.0549 e. The van der Waals surface area contributed by atoms with Crippen LogP contribution in [0.15, 0.2) is 0 Å². The van der Waals surface area contributed by atoms with Gasteiger partial charge in [0.15, 0.2) is 0 Å². The van der Waals surface area contributed by atoms with Crippen molar-refractivity contribution in [3.05, 3.63) is 0 Å². The van der Waals surface area contributed by atoms with Gasteiger partial charge < -0.3 is 10.1 Å². The van der Waals surface area contributed by atoms with Crippen molar-refractivity contribution >= 4 is 0 Å². The van der Waals surface area contributed by atoms with Crippen molar-refractivity contribution in [1.82, 2.24) is 5.32 Å². The summed E-state index contributed by atoms with van der Waals surface area (Å²) in [5.74, 6) is 0.982. The van der Waals surface area contributed by atoms with Crippen LogP contribution >= 0.6 is 0 Å². The number of hydrogen-bond donors (Lipinski definition) is 1. The maximum atomic E-state index is 5.50.